The van der Waals surface area contributed by atoms with Gasteiger partial charge in [0.25, 0.3) is 15.9 Å². The van der Waals surface area contributed by atoms with Crippen molar-refractivity contribution in [1.29, 1.82) is 0 Å². The SMILES string of the molecule is CN(Cc1cccc(Cl)c1)C(=O)c1cccc(S(=O)(=O)Nc2ccc(F)cc2)c1. The van der Waals surface area contributed by atoms with Crippen LogP contribution in [0.3, 0.4) is 0 Å². The zero-order valence-electron chi connectivity index (χ0n) is 15.5. The first kappa shape index (κ1) is 20.8. The molecule has 5 nitrogen and oxygen atoms in total. The van der Waals surface area contributed by atoms with E-state index in [-0.39, 0.29) is 22.1 Å². The molecule has 0 spiro atoms. The largest absolute Gasteiger partial charge is 0.337 e. The average molecular weight is 433 g/mol. The van der Waals surface area contributed by atoms with Gasteiger partial charge in [-0.15, -0.1) is 0 Å². The van der Waals surface area contributed by atoms with Gasteiger partial charge in [0.2, 0.25) is 0 Å². The molecule has 150 valence electrons. The predicted molar refractivity (Wildman–Crippen MR) is 111 cm³/mol. The monoisotopic (exact) mass is 432 g/mol. The highest BCUT2D eigenvalue weighted by Crippen LogP contribution is 2.19. The molecule has 1 N–H and O–H groups in total. The Labute approximate surface area is 173 Å². The zero-order valence-corrected chi connectivity index (χ0v) is 17.0. The molecule has 0 bridgehead atoms. The van der Waals surface area contributed by atoms with Crippen LogP contribution in [0.25, 0.3) is 0 Å². The Morgan fingerprint density at radius 1 is 1.03 bits per heavy atom. The first-order valence-corrected chi connectivity index (χ1v) is 10.5. The number of benzene rings is 3. The molecule has 8 heteroatoms. The second-order valence-electron chi connectivity index (χ2n) is 6.43. The minimum Gasteiger partial charge on any atom is -0.337 e. The van der Waals surface area contributed by atoms with Crippen LogP contribution in [0.4, 0.5) is 10.1 Å². The van der Waals surface area contributed by atoms with Crippen LogP contribution in [0, 0.1) is 5.82 Å². The second kappa shape index (κ2) is 8.63. The van der Waals surface area contributed by atoms with Crippen LogP contribution in [-0.2, 0) is 16.6 Å². The second-order valence-corrected chi connectivity index (χ2v) is 8.55. The number of anilines is 1. The molecule has 0 fully saturated rings. The van der Waals surface area contributed by atoms with Gasteiger partial charge in [-0.25, -0.2) is 12.8 Å². The summed E-state index contributed by atoms with van der Waals surface area (Å²) in [6.07, 6.45) is 0. The minimum atomic E-state index is -3.93. The Bertz CT molecular complexity index is 1130. The van der Waals surface area contributed by atoms with Gasteiger partial charge in [0.1, 0.15) is 5.82 Å². The third-order valence-electron chi connectivity index (χ3n) is 4.14. The van der Waals surface area contributed by atoms with Crippen LogP contribution < -0.4 is 4.72 Å². The molecule has 3 rings (SSSR count). The summed E-state index contributed by atoms with van der Waals surface area (Å²) in [5.74, 6) is -0.799. The van der Waals surface area contributed by atoms with Crippen molar-refractivity contribution in [1.82, 2.24) is 4.90 Å². The van der Waals surface area contributed by atoms with E-state index in [0.717, 1.165) is 17.7 Å². The highest BCUT2D eigenvalue weighted by molar-refractivity contribution is 7.92. The summed E-state index contributed by atoms with van der Waals surface area (Å²) in [5, 5.41) is 0.573. The van der Waals surface area contributed by atoms with Gasteiger partial charge in [-0.3, -0.25) is 9.52 Å². The molecule has 0 aliphatic carbocycles. The fourth-order valence-electron chi connectivity index (χ4n) is 2.73. The van der Waals surface area contributed by atoms with E-state index in [0.29, 0.717) is 11.6 Å². The highest BCUT2D eigenvalue weighted by atomic mass is 35.5. The van der Waals surface area contributed by atoms with Crippen molar-refractivity contribution in [3.8, 4) is 0 Å². The van der Waals surface area contributed by atoms with Crippen LogP contribution in [0.1, 0.15) is 15.9 Å². The maximum atomic E-state index is 13.0. The van der Waals surface area contributed by atoms with Crippen LogP contribution in [0.2, 0.25) is 5.02 Å². The number of amides is 1. The molecular weight excluding hydrogens is 415 g/mol. The molecule has 0 heterocycles. The lowest BCUT2D eigenvalue weighted by atomic mass is 10.1. The molecule has 0 saturated carbocycles. The number of rotatable bonds is 6. The van der Waals surface area contributed by atoms with E-state index in [1.807, 2.05) is 6.07 Å². The van der Waals surface area contributed by atoms with E-state index >= 15 is 0 Å². The molecule has 0 aliphatic rings. The van der Waals surface area contributed by atoms with Crippen molar-refractivity contribution in [2.75, 3.05) is 11.8 Å². The van der Waals surface area contributed by atoms with E-state index in [1.54, 1.807) is 31.3 Å². The maximum Gasteiger partial charge on any atom is 0.261 e. The number of carbonyl (C=O) groups excluding carboxylic acids is 1. The van der Waals surface area contributed by atoms with Crippen LogP contribution in [0.5, 0.6) is 0 Å². The number of hydrogen-bond acceptors (Lipinski definition) is 3. The molecule has 0 atom stereocenters. The third-order valence-corrected chi connectivity index (χ3v) is 5.76. The molecule has 0 aliphatic heterocycles. The summed E-state index contributed by atoms with van der Waals surface area (Å²) in [4.78, 5) is 14.2. The molecule has 0 aromatic heterocycles. The Morgan fingerprint density at radius 2 is 1.72 bits per heavy atom. The summed E-state index contributed by atoms with van der Waals surface area (Å²) >= 11 is 5.97. The number of hydrogen-bond donors (Lipinski definition) is 1. The summed E-state index contributed by atoms with van der Waals surface area (Å²) in [6, 6.07) is 17.9. The molecule has 3 aromatic rings. The molecule has 1 amide bonds. The van der Waals surface area contributed by atoms with Crippen molar-refractivity contribution < 1.29 is 17.6 Å². The lowest BCUT2D eigenvalue weighted by molar-refractivity contribution is 0.0785. The van der Waals surface area contributed by atoms with Crippen LogP contribution in [0.15, 0.2) is 77.7 Å². The van der Waals surface area contributed by atoms with E-state index in [2.05, 4.69) is 4.72 Å². The standard InChI is InChI=1S/C21H18ClFN2O3S/c1-25(14-15-4-2-6-17(22)12-15)21(26)16-5-3-7-20(13-16)29(27,28)24-19-10-8-18(23)9-11-19/h2-13,24H,14H2,1H3. The minimum absolute atomic E-state index is 0.0659. The Morgan fingerprint density at radius 3 is 2.41 bits per heavy atom. The van der Waals surface area contributed by atoms with E-state index in [9.17, 15) is 17.6 Å². The highest BCUT2D eigenvalue weighted by Gasteiger charge is 2.18. The van der Waals surface area contributed by atoms with Crippen molar-refractivity contribution in [2.24, 2.45) is 0 Å². The van der Waals surface area contributed by atoms with Gasteiger partial charge in [-0.2, -0.15) is 0 Å². The van der Waals surface area contributed by atoms with Gasteiger partial charge in [0.05, 0.1) is 4.90 Å². The molecule has 29 heavy (non-hydrogen) atoms. The van der Waals surface area contributed by atoms with Gasteiger partial charge >= 0.3 is 0 Å². The van der Waals surface area contributed by atoms with Gasteiger partial charge in [-0.05, 0) is 60.2 Å². The fraction of sp³-hybridized carbons (Fsp3) is 0.0952. The van der Waals surface area contributed by atoms with Gasteiger partial charge in [0.15, 0.2) is 0 Å². The first-order valence-electron chi connectivity index (χ1n) is 8.63. The summed E-state index contributed by atoms with van der Waals surface area (Å²) in [7, 11) is -2.31. The van der Waals surface area contributed by atoms with Gasteiger partial charge in [0, 0.05) is 29.9 Å². The third kappa shape index (κ3) is 5.34. The lowest BCUT2D eigenvalue weighted by Crippen LogP contribution is -2.26. The van der Waals surface area contributed by atoms with Gasteiger partial charge in [-0.1, -0.05) is 29.8 Å². The number of nitrogens with zero attached hydrogens (tertiary/aromatic N) is 1. The van der Waals surface area contributed by atoms with E-state index in [1.165, 1.54) is 35.2 Å². The Balaban J connectivity index is 1.78. The lowest BCUT2D eigenvalue weighted by Gasteiger charge is -2.18. The van der Waals surface area contributed by atoms with Gasteiger partial charge < -0.3 is 4.90 Å². The average Bonchev–Trinajstić information content (AvgIpc) is 2.69. The quantitative estimate of drug-likeness (QED) is 0.621. The predicted octanol–water partition coefficient (Wildman–Crippen LogP) is 4.55. The number of halogens is 2. The van der Waals surface area contributed by atoms with Crippen LogP contribution >= 0.6 is 11.6 Å². The van der Waals surface area contributed by atoms with Crippen molar-refractivity contribution in [2.45, 2.75) is 11.4 Å². The normalized spacial score (nSPS) is 11.1. The van der Waals surface area contributed by atoms with Crippen LogP contribution in [-0.4, -0.2) is 26.3 Å². The Hall–Kier alpha value is -2.90. The van der Waals surface area contributed by atoms with E-state index < -0.39 is 15.8 Å². The maximum absolute atomic E-state index is 13.0. The van der Waals surface area contributed by atoms with Crippen molar-refractivity contribution in [3.63, 3.8) is 0 Å². The molecule has 0 radical (unpaired) electrons. The molecular formula is C21H18ClFN2O3S. The topological polar surface area (TPSA) is 66.5 Å². The summed E-state index contributed by atoms with van der Waals surface area (Å²) < 4.78 is 40.6. The zero-order chi connectivity index (χ0) is 21.0. The van der Waals surface area contributed by atoms with E-state index in [4.69, 9.17) is 11.6 Å². The summed E-state index contributed by atoms with van der Waals surface area (Å²) in [6.45, 7) is 0.324. The van der Waals surface area contributed by atoms with Crippen molar-refractivity contribution in [3.05, 3.63) is 94.8 Å². The smallest absolute Gasteiger partial charge is 0.261 e. The number of nitrogens with one attached hydrogen (secondary N) is 1. The molecule has 3 aromatic carbocycles. The summed E-state index contributed by atoms with van der Waals surface area (Å²) in [5.41, 5.74) is 1.31. The number of carbonyl (C=O) groups is 1. The fourth-order valence-corrected chi connectivity index (χ4v) is 4.05. The number of sulfonamides is 1. The van der Waals surface area contributed by atoms with Crippen molar-refractivity contribution >= 4 is 33.2 Å². The first-order chi connectivity index (χ1) is 13.7. The molecule has 0 saturated heterocycles. The Kier molecular flexibility index (Phi) is 6.20. The molecule has 0 unspecified atom stereocenters.